The van der Waals surface area contributed by atoms with E-state index in [1.54, 1.807) is 0 Å². The third kappa shape index (κ3) is 1.77. The van der Waals surface area contributed by atoms with Crippen molar-refractivity contribution in [3.05, 3.63) is 12.2 Å². The van der Waals surface area contributed by atoms with Gasteiger partial charge in [0.05, 0.1) is 6.10 Å². The van der Waals surface area contributed by atoms with Crippen molar-refractivity contribution in [3.8, 4) is 0 Å². The monoisotopic (exact) mass is 199 g/mol. The highest BCUT2D eigenvalue weighted by atomic mass is 16.4. The summed E-state index contributed by atoms with van der Waals surface area (Å²) in [5.74, 6) is -1.58. The number of amides is 1. The normalized spacial score (nSPS) is 26.3. The first-order valence-electron chi connectivity index (χ1n) is 4.32. The lowest BCUT2D eigenvalue weighted by atomic mass is 10.1. The van der Waals surface area contributed by atoms with Crippen molar-refractivity contribution in [2.45, 2.75) is 25.5 Å². The molecule has 1 fully saturated rings. The van der Waals surface area contributed by atoms with Gasteiger partial charge in [0.2, 0.25) is 5.91 Å². The summed E-state index contributed by atoms with van der Waals surface area (Å²) in [5.41, 5.74) is 0.283. The Kier molecular flexibility index (Phi) is 2.90. The first-order chi connectivity index (χ1) is 6.45. The Labute approximate surface area is 81.6 Å². The Morgan fingerprint density at radius 1 is 1.50 bits per heavy atom. The molecule has 0 spiro atoms. The molecule has 1 aliphatic heterocycles. The standard InChI is InChI=1S/C9H13NO4/c1-5(2)8(12)10-4-3-6(11)7(10)9(13)14/h6-7,11H,1,3-4H2,2H3,(H,13,14)/t6?,7-/m0/s1. The van der Waals surface area contributed by atoms with Gasteiger partial charge in [-0.25, -0.2) is 4.79 Å². The second kappa shape index (κ2) is 3.79. The highest BCUT2D eigenvalue weighted by molar-refractivity contribution is 5.95. The van der Waals surface area contributed by atoms with Crippen LogP contribution in [0.4, 0.5) is 0 Å². The molecule has 0 saturated carbocycles. The molecule has 5 heteroatoms. The number of nitrogens with zero attached hydrogens (tertiary/aromatic N) is 1. The number of carbonyl (C=O) groups is 2. The molecule has 0 radical (unpaired) electrons. The van der Waals surface area contributed by atoms with Crippen molar-refractivity contribution in [1.29, 1.82) is 0 Å². The molecule has 78 valence electrons. The summed E-state index contributed by atoms with van der Waals surface area (Å²) < 4.78 is 0. The number of aliphatic carboxylic acids is 1. The van der Waals surface area contributed by atoms with Crippen LogP contribution in [0, 0.1) is 0 Å². The minimum absolute atomic E-state index is 0.268. The molecule has 2 atom stereocenters. The summed E-state index contributed by atoms with van der Waals surface area (Å²) in [6.07, 6.45) is -0.675. The molecule has 1 rings (SSSR count). The van der Waals surface area contributed by atoms with Crippen LogP contribution in [-0.2, 0) is 9.59 Å². The van der Waals surface area contributed by atoms with Gasteiger partial charge in [0, 0.05) is 12.1 Å². The largest absolute Gasteiger partial charge is 0.480 e. The molecule has 1 aliphatic rings. The van der Waals surface area contributed by atoms with Crippen molar-refractivity contribution in [2.24, 2.45) is 0 Å². The molecule has 0 aliphatic carbocycles. The summed E-state index contributed by atoms with van der Waals surface area (Å²) in [6.45, 7) is 5.24. The molecule has 2 N–H and O–H groups in total. The van der Waals surface area contributed by atoms with E-state index in [4.69, 9.17) is 5.11 Å². The first kappa shape index (κ1) is 10.7. The fourth-order valence-electron chi connectivity index (χ4n) is 1.55. The SMILES string of the molecule is C=C(C)C(=O)N1CCC(O)[C@H]1C(=O)O. The van der Waals surface area contributed by atoms with Crippen LogP contribution >= 0.6 is 0 Å². The Hall–Kier alpha value is -1.36. The summed E-state index contributed by atoms with van der Waals surface area (Å²) in [4.78, 5) is 23.4. The quantitative estimate of drug-likeness (QED) is 0.594. The van der Waals surface area contributed by atoms with Gasteiger partial charge in [-0.2, -0.15) is 0 Å². The van der Waals surface area contributed by atoms with Crippen LogP contribution in [0.1, 0.15) is 13.3 Å². The lowest BCUT2D eigenvalue weighted by molar-refractivity contribution is -0.149. The number of aliphatic hydroxyl groups is 1. The third-order valence-corrected chi connectivity index (χ3v) is 2.24. The van der Waals surface area contributed by atoms with Crippen LogP contribution < -0.4 is 0 Å². The van der Waals surface area contributed by atoms with Crippen LogP contribution in [0.25, 0.3) is 0 Å². The predicted molar refractivity (Wildman–Crippen MR) is 48.6 cm³/mol. The smallest absolute Gasteiger partial charge is 0.329 e. The van der Waals surface area contributed by atoms with Crippen LogP contribution in [0.3, 0.4) is 0 Å². The lowest BCUT2D eigenvalue weighted by Gasteiger charge is -2.22. The number of carbonyl (C=O) groups excluding carboxylic acids is 1. The van der Waals surface area contributed by atoms with Gasteiger partial charge in [0.1, 0.15) is 0 Å². The Bertz CT molecular complexity index is 287. The highest BCUT2D eigenvalue weighted by Gasteiger charge is 2.40. The molecule has 5 nitrogen and oxygen atoms in total. The van der Waals surface area contributed by atoms with E-state index >= 15 is 0 Å². The molecule has 1 amide bonds. The molecule has 0 bridgehead atoms. The number of hydrogen-bond acceptors (Lipinski definition) is 3. The zero-order valence-corrected chi connectivity index (χ0v) is 7.93. The average molecular weight is 199 g/mol. The Balaban J connectivity index is 2.84. The number of carboxylic acid groups (broad SMARTS) is 1. The number of hydrogen-bond donors (Lipinski definition) is 2. The molecule has 1 saturated heterocycles. The second-order valence-corrected chi connectivity index (χ2v) is 3.42. The van der Waals surface area contributed by atoms with E-state index in [0.717, 1.165) is 4.90 Å². The van der Waals surface area contributed by atoms with Crippen LogP contribution in [-0.4, -0.2) is 45.7 Å². The van der Waals surface area contributed by atoms with Gasteiger partial charge in [-0.05, 0) is 13.3 Å². The van der Waals surface area contributed by atoms with Crippen LogP contribution in [0.2, 0.25) is 0 Å². The molecule has 1 unspecified atom stereocenters. The van der Waals surface area contributed by atoms with Gasteiger partial charge in [-0.15, -0.1) is 0 Å². The summed E-state index contributed by atoms with van der Waals surface area (Å²) in [7, 11) is 0. The fourth-order valence-corrected chi connectivity index (χ4v) is 1.55. The van der Waals surface area contributed by atoms with E-state index in [2.05, 4.69) is 6.58 Å². The summed E-state index contributed by atoms with van der Waals surface area (Å²) >= 11 is 0. The molecular formula is C9H13NO4. The third-order valence-electron chi connectivity index (χ3n) is 2.24. The highest BCUT2D eigenvalue weighted by Crippen LogP contribution is 2.19. The van der Waals surface area contributed by atoms with Gasteiger partial charge in [0.25, 0.3) is 0 Å². The van der Waals surface area contributed by atoms with Crippen LogP contribution in [0.5, 0.6) is 0 Å². The number of likely N-dealkylation sites (tertiary alicyclic amines) is 1. The van der Waals surface area contributed by atoms with Crippen molar-refractivity contribution in [1.82, 2.24) is 4.90 Å². The molecule has 0 aromatic carbocycles. The number of aliphatic hydroxyl groups excluding tert-OH is 1. The van der Waals surface area contributed by atoms with E-state index in [-0.39, 0.29) is 12.1 Å². The van der Waals surface area contributed by atoms with E-state index in [9.17, 15) is 14.7 Å². The van der Waals surface area contributed by atoms with E-state index in [0.29, 0.717) is 6.42 Å². The maximum atomic E-state index is 11.5. The number of carboxylic acids is 1. The zero-order chi connectivity index (χ0) is 10.9. The lowest BCUT2D eigenvalue weighted by Crippen LogP contribution is -2.45. The van der Waals surface area contributed by atoms with Crippen molar-refractivity contribution in [3.63, 3.8) is 0 Å². The number of rotatable bonds is 2. The van der Waals surface area contributed by atoms with E-state index < -0.39 is 24.0 Å². The van der Waals surface area contributed by atoms with Gasteiger partial charge in [-0.3, -0.25) is 4.79 Å². The van der Waals surface area contributed by atoms with Crippen molar-refractivity contribution < 1.29 is 19.8 Å². The molecule has 1 heterocycles. The van der Waals surface area contributed by atoms with Crippen LogP contribution in [0.15, 0.2) is 12.2 Å². The minimum Gasteiger partial charge on any atom is -0.480 e. The van der Waals surface area contributed by atoms with E-state index in [1.807, 2.05) is 0 Å². The van der Waals surface area contributed by atoms with E-state index in [1.165, 1.54) is 6.92 Å². The van der Waals surface area contributed by atoms with Crippen molar-refractivity contribution in [2.75, 3.05) is 6.54 Å². The van der Waals surface area contributed by atoms with Crippen molar-refractivity contribution >= 4 is 11.9 Å². The van der Waals surface area contributed by atoms with Gasteiger partial charge < -0.3 is 15.1 Å². The zero-order valence-electron chi connectivity index (χ0n) is 7.93. The van der Waals surface area contributed by atoms with Gasteiger partial charge in [-0.1, -0.05) is 6.58 Å². The Morgan fingerprint density at radius 2 is 2.07 bits per heavy atom. The topological polar surface area (TPSA) is 77.8 Å². The maximum absolute atomic E-state index is 11.5. The maximum Gasteiger partial charge on any atom is 0.329 e. The molecule has 0 aromatic heterocycles. The second-order valence-electron chi connectivity index (χ2n) is 3.42. The molecule has 14 heavy (non-hydrogen) atoms. The predicted octanol–water partition coefficient (Wildman–Crippen LogP) is -0.391. The average Bonchev–Trinajstić information content (AvgIpc) is 2.45. The van der Waals surface area contributed by atoms with Gasteiger partial charge >= 0.3 is 5.97 Å². The Morgan fingerprint density at radius 3 is 2.50 bits per heavy atom. The molecular weight excluding hydrogens is 186 g/mol. The summed E-state index contributed by atoms with van der Waals surface area (Å²) in [5, 5.41) is 18.2. The summed E-state index contributed by atoms with van der Waals surface area (Å²) in [6, 6.07) is -1.13. The molecule has 0 aromatic rings. The first-order valence-corrected chi connectivity index (χ1v) is 4.32. The van der Waals surface area contributed by atoms with Gasteiger partial charge in [0.15, 0.2) is 6.04 Å². The minimum atomic E-state index is -1.18. The fraction of sp³-hybridized carbons (Fsp3) is 0.556.